The normalized spacial score (nSPS) is 31.0. The lowest BCUT2D eigenvalue weighted by molar-refractivity contribution is 0.189. The fourth-order valence-electron chi connectivity index (χ4n) is 1.42. The SMILES string of the molecule is O=S(=O)(NC1CC1)N1CC[C@H](O)C1. The van der Waals surface area contributed by atoms with E-state index in [4.69, 9.17) is 0 Å². The van der Waals surface area contributed by atoms with E-state index in [-0.39, 0.29) is 12.6 Å². The molecule has 0 radical (unpaired) electrons. The quantitative estimate of drug-likeness (QED) is 0.625. The Labute approximate surface area is 77.9 Å². The van der Waals surface area contributed by atoms with Crippen molar-refractivity contribution < 1.29 is 13.5 Å². The van der Waals surface area contributed by atoms with Gasteiger partial charge in [0.1, 0.15) is 0 Å². The minimum atomic E-state index is -3.31. The molecular formula is C7H14N2O3S. The van der Waals surface area contributed by atoms with Crippen LogP contribution in [0.5, 0.6) is 0 Å². The maximum Gasteiger partial charge on any atom is 0.279 e. The number of nitrogens with zero attached hydrogens (tertiary/aromatic N) is 1. The molecule has 0 spiro atoms. The standard InChI is InChI=1S/C7H14N2O3S/c10-7-3-4-9(5-7)13(11,12)8-6-1-2-6/h6-8,10H,1-5H2/t7-/m0/s1. The van der Waals surface area contributed by atoms with Crippen LogP contribution in [-0.2, 0) is 10.2 Å². The smallest absolute Gasteiger partial charge is 0.279 e. The summed E-state index contributed by atoms with van der Waals surface area (Å²) in [6, 6.07) is 0.141. The molecule has 1 saturated carbocycles. The highest BCUT2D eigenvalue weighted by molar-refractivity contribution is 7.87. The Bertz CT molecular complexity index is 286. The van der Waals surface area contributed by atoms with Gasteiger partial charge in [-0.3, -0.25) is 0 Å². The molecule has 2 aliphatic rings. The van der Waals surface area contributed by atoms with Crippen LogP contribution in [0.3, 0.4) is 0 Å². The summed E-state index contributed by atoms with van der Waals surface area (Å²) >= 11 is 0. The van der Waals surface area contributed by atoms with E-state index in [0.717, 1.165) is 12.8 Å². The highest BCUT2D eigenvalue weighted by atomic mass is 32.2. The number of nitrogens with one attached hydrogen (secondary N) is 1. The Hall–Kier alpha value is -0.170. The summed E-state index contributed by atoms with van der Waals surface area (Å²) in [4.78, 5) is 0. The molecule has 2 fully saturated rings. The molecule has 2 rings (SSSR count). The van der Waals surface area contributed by atoms with Crippen LogP contribution in [0.25, 0.3) is 0 Å². The van der Waals surface area contributed by atoms with E-state index in [9.17, 15) is 13.5 Å². The average Bonchev–Trinajstić information content (AvgIpc) is 2.70. The highest BCUT2D eigenvalue weighted by Crippen LogP contribution is 2.22. The van der Waals surface area contributed by atoms with Crippen molar-refractivity contribution in [2.24, 2.45) is 0 Å². The summed E-state index contributed by atoms with van der Waals surface area (Å²) in [5.41, 5.74) is 0. The van der Waals surface area contributed by atoms with Crippen LogP contribution in [0.15, 0.2) is 0 Å². The third-order valence-electron chi connectivity index (χ3n) is 2.36. The van der Waals surface area contributed by atoms with Crippen LogP contribution in [-0.4, -0.2) is 43.1 Å². The lowest BCUT2D eigenvalue weighted by atomic mass is 10.3. The Morgan fingerprint density at radius 3 is 2.46 bits per heavy atom. The summed E-state index contributed by atoms with van der Waals surface area (Å²) in [5.74, 6) is 0. The summed E-state index contributed by atoms with van der Waals surface area (Å²) in [6.45, 7) is 0.672. The highest BCUT2D eigenvalue weighted by Gasteiger charge is 2.34. The molecule has 1 aliphatic heterocycles. The minimum absolute atomic E-state index is 0.141. The Morgan fingerprint density at radius 1 is 1.31 bits per heavy atom. The maximum atomic E-state index is 11.5. The second kappa shape index (κ2) is 3.20. The molecule has 6 heteroatoms. The molecule has 1 saturated heterocycles. The van der Waals surface area contributed by atoms with Gasteiger partial charge in [-0.25, -0.2) is 0 Å². The van der Waals surface area contributed by atoms with Crippen LogP contribution in [0, 0.1) is 0 Å². The third-order valence-corrected chi connectivity index (χ3v) is 4.00. The first-order chi connectivity index (χ1) is 6.08. The molecule has 2 N–H and O–H groups in total. The molecule has 0 unspecified atom stereocenters. The first-order valence-electron chi connectivity index (χ1n) is 4.53. The molecule has 0 aromatic rings. The van der Waals surface area contributed by atoms with Gasteiger partial charge in [0, 0.05) is 19.1 Å². The van der Waals surface area contributed by atoms with Gasteiger partial charge in [0.25, 0.3) is 10.2 Å². The Kier molecular flexibility index (Phi) is 2.31. The van der Waals surface area contributed by atoms with E-state index in [1.54, 1.807) is 0 Å². The number of rotatable bonds is 3. The van der Waals surface area contributed by atoms with Gasteiger partial charge >= 0.3 is 0 Å². The van der Waals surface area contributed by atoms with Crippen molar-refractivity contribution >= 4 is 10.2 Å². The van der Waals surface area contributed by atoms with Crippen LogP contribution in [0.1, 0.15) is 19.3 Å². The topological polar surface area (TPSA) is 69.6 Å². The van der Waals surface area contributed by atoms with Crippen molar-refractivity contribution in [2.75, 3.05) is 13.1 Å². The Balaban J connectivity index is 1.97. The fourth-order valence-corrected chi connectivity index (χ4v) is 2.94. The first-order valence-corrected chi connectivity index (χ1v) is 5.97. The molecule has 0 aromatic carbocycles. The second-order valence-corrected chi connectivity index (χ2v) is 5.40. The minimum Gasteiger partial charge on any atom is -0.392 e. The molecule has 0 amide bonds. The van der Waals surface area contributed by atoms with Gasteiger partial charge in [0.15, 0.2) is 0 Å². The van der Waals surface area contributed by atoms with Crippen LogP contribution in [0.2, 0.25) is 0 Å². The lowest BCUT2D eigenvalue weighted by Crippen LogP contribution is -2.40. The van der Waals surface area contributed by atoms with Crippen molar-refractivity contribution in [1.29, 1.82) is 0 Å². The van der Waals surface area contributed by atoms with Gasteiger partial charge in [-0.05, 0) is 19.3 Å². The summed E-state index contributed by atoms with van der Waals surface area (Å²) in [6.07, 6.45) is 1.94. The van der Waals surface area contributed by atoms with E-state index in [2.05, 4.69) is 4.72 Å². The van der Waals surface area contributed by atoms with Gasteiger partial charge in [-0.15, -0.1) is 0 Å². The van der Waals surface area contributed by atoms with Gasteiger partial charge in [-0.2, -0.15) is 17.4 Å². The van der Waals surface area contributed by atoms with E-state index >= 15 is 0 Å². The summed E-state index contributed by atoms with van der Waals surface area (Å²) < 4.78 is 27.0. The Morgan fingerprint density at radius 2 is 2.00 bits per heavy atom. The number of hydrogen-bond donors (Lipinski definition) is 2. The molecular weight excluding hydrogens is 192 g/mol. The van der Waals surface area contributed by atoms with Gasteiger partial charge < -0.3 is 5.11 Å². The molecule has 1 heterocycles. The van der Waals surface area contributed by atoms with E-state index in [0.29, 0.717) is 13.0 Å². The maximum absolute atomic E-state index is 11.5. The fraction of sp³-hybridized carbons (Fsp3) is 1.00. The number of aliphatic hydroxyl groups is 1. The zero-order chi connectivity index (χ0) is 9.47. The van der Waals surface area contributed by atoms with Crippen LogP contribution < -0.4 is 4.72 Å². The third kappa shape index (κ3) is 2.19. The lowest BCUT2D eigenvalue weighted by Gasteiger charge is -2.15. The number of β-amino-alcohol motifs (C(OH)–C–C–N with tert-alkyl or cyclic N) is 1. The second-order valence-electron chi connectivity index (χ2n) is 3.70. The van der Waals surface area contributed by atoms with Crippen molar-refractivity contribution in [3.8, 4) is 0 Å². The van der Waals surface area contributed by atoms with Crippen molar-refractivity contribution in [3.63, 3.8) is 0 Å². The molecule has 0 aromatic heterocycles. The molecule has 5 nitrogen and oxygen atoms in total. The summed E-state index contributed by atoms with van der Waals surface area (Å²) in [5, 5.41) is 9.18. The van der Waals surface area contributed by atoms with Gasteiger partial charge in [0.2, 0.25) is 0 Å². The van der Waals surface area contributed by atoms with Crippen LogP contribution in [0.4, 0.5) is 0 Å². The largest absolute Gasteiger partial charge is 0.392 e. The van der Waals surface area contributed by atoms with Gasteiger partial charge in [-0.1, -0.05) is 0 Å². The zero-order valence-electron chi connectivity index (χ0n) is 7.31. The predicted octanol–water partition coefficient (Wildman–Crippen LogP) is -0.950. The van der Waals surface area contributed by atoms with Crippen molar-refractivity contribution in [3.05, 3.63) is 0 Å². The first kappa shape index (κ1) is 9.39. The van der Waals surface area contributed by atoms with E-state index in [1.165, 1.54) is 4.31 Å². The number of hydrogen-bond acceptors (Lipinski definition) is 3. The van der Waals surface area contributed by atoms with Gasteiger partial charge in [0.05, 0.1) is 6.10 Å². The number of aliphatic hydroxyl groups excluding tert-OH is 1. The monoisotopic (exact) mass is 206 g/mol. The molecule has 0 bridgehead atoms. The van der Waals surface area contributed by atoms with Crippen LogP contribution >= 0.6 is 0 Å². The molecule has 1 atom stereocenters. The molecule has 76 valence electrons. The summed E-state index contributed by atoms with van der Waals surface area (Å²) in [7, 11) is -3.31. The molecule has 1 aliphatic carbocycles. The zero-order valence-corrected chi connectivity index (χ0v) is 8.13. The average molecular weight is 206 g/mol. The van der Waals surface area contributed by atoms with Crippen molar-refractivity contribution in [2.45, 2.75) is 31.4 Å². The van der Waals surface area contributed by atoms with E-state index in [1.807, 2.05) is 0 Å². The van der Waals surface area contributed by atoms with Crippen molar-refractivity contribution in [1.82, 2.24) is 9.03 Å². The van der Waals surface area contributed by atoms with E-state index < -0.39 is 16.3 Å². The predicted molar refractivity (Wildman–Crippen MR) is 47.3 cm³/mol. The molecule has 13 heavy (non-hydrogen) atoms.